The smallest absolute Gasteiger partial charge is 0.0875 e. The van der Waals surface area contributed by atoms with Crippen molar-refractivity contribution >= 4 is 10.9 Å². The minimum absolute atomic E-state index is 0.123. The summed E-state index contributed by atoms with van der Waals surface area (Å²) in [6.45, 7) is 8.79. The van der Waals surface area contributed by atoms with Crippen molar-refractivity contribution in [3.63, 3.8) is 0 Å². The van der Waals surface area contributed by atoms with Crippen molar-refractivity contribution in [3.8, 4) is 0 Å². The minimum Gasteiger partial charge on any atom is -0.0875 e. The summed E-state index contributed by atoms with van der Waals surface area (Å²) >= 11 is 0. The van der Waals surface area contributed by atoms with Gasteiger partial charge in [0.15, 0.2) is 10.1 Å². The lowest BCUT2D eigenvalue weighted by molar-refractivity contribution is 0.864. The van der Waals surface area contributed by atoms with Crippen molar-refractivity contribution < 1.29 is 0 Å². The van der Waals surface area contributed by atoms with Crippen LogP contribution in [0.5, 0.6) is 0 Å². The van der Waals surface area contributed by atoms with Gasteiger partial charge in [0.1, 0.15) is 5.41 Å². The molecule has 1 aromatic rings. The van der Waals surface area contributed by atoms with Crippen LogP contribution < -0.4 is 0 Å². The fraction of sp³-hybridized carbons (Fsp3) is 0.333. The number of rotatable bonds is 5. The largest absolute Gasteiger partial charge is 0.160 e. The van der Waals surface area contributed by atoms with Crippen molar-refractivity contribution in [3.05, 3.63) is 77.3 Å². The zero-order valence-corrected chi connectivity index (χ0v) is 14.9. The molecule has 2 rings (SSSR count). The molecule has 1 aliphatic rings. The van der Waals surface area contributed by atoms with Crippen LogP contribution in [0.4, 0.5) is 0 Å². The zero-order chi connectivity index (χ0) is 15.9. The second-order valence-electron chi connectivity index (χ2n) is 6.09. The number of benzene rings is 1. The molecule has 1 heteroatoms. The van der Waals surface area contributed by atoms with E-state index in [-0.39, 0.29) is 10.9 Å². The van der Waals surface area contributed by atoms with E-state index in [4.69, 9.17) is 0 Å². The molecule has 0 N–H and O–H groups in total. The first-order chi connectivity index (χ1) is 10.6. The highest BCUT2D eigenvalue weighted by molar-refractivity contribution is 8.00. The molecule has 0 fully saturated rings. The summed E-state index contributed by atoms with van der Waals surface area (Å²) in [6, 6.07) is 9.22. The van der Waals surface area contributed by atoms with Crippen LogP contribution in [0.3, 0.4) is 0 Å². The summed E-state index contributed by atoms with van der Waals surface area (Å²) in [4.78, 5) is 1.44. The van der Waals surface area contributed by atoms with E-state index in [1.807, 2.05) is 0 Å². The topological polar surface area (TPSA) is 0 Å². The Morgan fingerprint density at radius 1 is 1.14 bits per heavy atom. The Labute approximate surface area is 138 Å². The summed E-state index contributed by atoms with van der Waals surface area (Å²) < 4.78 is 0. The monoisotopic (exact) mass is 311 g/mol. The summed E-state index contributed by atoms with van der Waals surface area (Å²) in [5.74, 6) is 0.592. The van der Waals surface area contributed by atoms with Crippen molar-refractivity contribution in [2.24, 2.45) is 0 Å². The van der Waals surface area contributed by atoms with Crippen LogP contribution in [0.1, 0.15) is 45.6 Å². The van der Waals surface area contributed by atoms with Crippen molar-refractivity contribution in [2.45, 2.75) is 50.2 Å². The van der Waals surface area contributed by atoms with Crippen molar-refractivity contribution in [1.82, 2.24) is 0 Å². The molecular weight excluding hydrogens is 284 g/mol. The quantitative estimate of drug-likeness (QED) is 0.452. The third-order valence-corrected chi connectivity index (χ3v) is 6.15. The number of hydrogen-bond acceptors (Lipinski definition) is 0. The van der Waals surface area contributed by atoms with Crippen LogP contribution in [-0.4, -0.2) is 5.25 Å². The van der Waals surface area contributed by atoms with Crippen molar-refractivity contribution in [2.75, 3.05) is 0 Å². The third kappa shape index (κ3) is 4.51. The Kier molecular flexibility index (Phi) is 6.33. The van der Waals surface area contributed by atoms with Crippen LogP contribution in [0.15, 0.2) is 76.6 Å². The van der Waals surface area contributed by atoms with E-state index in [2.05, 4.69) is 93.8 Å². The molecule has 0 spiro atoms. The van der Waals surface area contributed by atoms with Crippen LogP contribution >= 0.6 is 0 Å². The maximum absolute atomic E-state index is 2.37. The Balaban J connectivity index is 2.27. The van der Waals surface area contributed by atoms with Gasteiger partial charge in [-0.05, 0) is 49.6 Å². The fourth-order valence-corrected chi connectivity index (χ4v) is 4.70. The molecule has 0 amide bonds. The van der Waals surface area contributed by atoms with Gasteiger partial charge >= 0.3 is 0 Å². The van der Waals surface area contributed by atoms with E-state index in [9.17, 15) is 0 Å². The van der Waals surface area contributed by atoms with Crippen molar-refractivity contribution in [1.29, 1.82) is 0 Å². The molecule has 0 aliphatic heterocycles. The molecule has 22 heavy (non-hydrogen) atoms. The van der Waals surface area contributed by atoms with Gasteiger partial charge in [-0.2, -0.15) is 0 Å². The molecule has 0 aromatic heterocycles. The van der Waals surface area contributed by atoms with Gasteiger partial charge in [-0.1, -0.05) is 55.9 Å². The molecule has 0 bridgehead atoms. The Morgan fingerprint density at radius 2 is 1.86 bits per heavy atom. The summed E-state index contributed by atoms with van der Waals surface area (Å²) in [5, 5.41) is 2.95. The van der Waals surface area contributed by atoms with E-state index in [1.165, 1.54) is 16.0 Å². The molecule has 116 valence electrons. The molecule has 0 saturated carbocycles. The molecule has 2 atom stereocenters. The van der Waals surface area contributed by atoms with E-state index >= 15 is 0 Å². The normalized spacial score (nSPS) is 20.0. The molecule has 2 unspecified atom stereocenters. The van der Waals surface area contributed by atoms with Gasteiger partial charge in [0.2, 0.25) is 0 Å². The first-order valence-electron chi connectivity index (χ1n) is 8.07. The van der Waals surface area contributed by atoms with E-state index in [0.717, 1.165) is 6.42 Å². The summed E-state index contributed by atoms with van der Waals surface area (Å²) in [7, 11) is 0.123. The van der Waals surface area contributed by atoms with Gasteiger partial charge < -0.3 is 0 Å². The highest BCUT2D eigenvalue weighted by Gasteiger charge is 2.30. The molecule has 0 heterocycles. The average Bonchev–Trinajstić information content (AvgIpc) is 2.52. The van der Waals surface area contributed by atoms with Crippen LogP contribution in [0.25, 0.3) is 0 Å². The lowest BCUT2D eigenvalue weighted by Gasteiger charge is -2.16. The second-order valence-corrected chi connectivity index (χ2v) is 8.18. The predicted octanol–water partition coefficient (Wildman–Crippen LogP) is 6.15. The van der Waals surface area contributed by atoms with Gasteiger partial charge in [-0.3, -0.25) is 0 Å². The minimum atomic E-state index is 0.123. The average molecular weight is 312 g/mol. The molecule has 1 aromatic carbocycles. The number of allylic oxidation sites excluding steroid dienone is 6. The van der Waals surface area contributed by atoms with Gasteiger partial charge in [0, 0.05) is 6.42 Å². The Hall–Kier alpha value is -1.47. The summed E-state index contributed by atoms with van der Waals surface area (Å²) in [6.07, 6.45) is 14.4. The highest BCUT2D eigenvalue weighted by Crippen LogP contribution is 2.29. The SMILES string of the molecule is CC=C/C=C/[S+](c1ccc(C(C)C)cc1)C1C=CC=C(C)C1. The molecule has 1 aliphatic carbocycles. The standard InChI is InChI=1S/C21H27S/c1-5-6-7-15-22(21-10-8-9-18(4)16-21)20-13-11-19(12-14-20)17(2)3/h5-15,17,21H,16H2,1-4H3/q+1/b6-5?,15-7+. The molecule has 0 saturated heterocycles. The molecule has 0 nitrogen and oxygen atoms in total. The fourth-order valence-electron chi connectivity index (χ4n) is 2.58. The van der Waals surface area contributed by atoms with E-state index < -0.39 is 0 Å². The molecular formula is C21H27S+. The lowest BCUT2D eigenvalue weighted by Crippen LogP contribution is -2.19. The zero-order valence-electron chi connectivity index (χ0n) is 14.1. The second kappa shape index (κ2) is 8.24. The van der Waals surface area contributed by atoms with Crippen LogP contribution in [0, 0.1) is 0 Å². The summed E-state index contributed by atoms with van der Waals surface area (Å²) in [5.41, 5.74) is 2.89. The van der Waals surface area contributed by atoms with Gasteiger partial charge in [-0.15, -0.1) is 0 Å². The van der Waals surface area contributed by atoms with Gasteiger partial charge in [-0.25, -0.2) is 0 Å². The van der Waals surface area contributed by atoms with E-state index in [0.29, 0.717) is 11.2 Å². The predicted molar refractivity (Wildman–Crippen MR) is 101 cm³/mol. The molecule has 0 radical (unpaired) electrons. The first kappa shape index (κ1) is 16.9. The lowest BCUT2D eigenvalue weighted by atomic mass is 10.0. The maximum atomic E-state index is 2.37. The van der Waals surface area contributed by atoms with Gasteiger partial charge in [0.05, 0.1) is 10.9 Å². The third-order valence-electron chi connectivity index (χ3n) is 3.90. The number of hydrogen-bond donors (Lipinski definition) is 0. The van der Waals surface area contributed by atoms with Crippen LogP contribution in [0.2, 0.25) is 0 Å². The first-order valence-corrected chi connectivity index (χ1v) is 9.42. The van der Waals surface area contributed by atoms with E-state index in [1.54, 1.807) is 0 Å². The Bertz CT molecular complexity index is 585. The maximum Gasteiger partial charge on any atom is 0.160 e. The van der Waals surface area contributed by atoms with Gasteiger partial charge in [0.25, 0.3) is 0 Å². The highest BCUT2D eigenvalue weighted by atomic mass is 32.2. The Morgan fingerprint density at radius 3 is 2.45 bits per heavy atom. The van der Waals surface area contributed by atoms with Crippen LogP contribution in [-0.2, 0) is 10.9 Å².